The summed E-state index contributed by atoms with van der Waals surface area (Å²) in [7, 11) is 0. The normalized spacial score (nSPS) is 22.4. The number of rotatable bonds is 8. The van der Waals surface area contributed by atoms with Gasteiger partial charge in [-0.2, -0.15) is 0 Å². The van der Waals surface area contributed by atoms with Gasteiger partial charge in [-0.15, -0.1) is 0 Å². The van der Waals surface area contributed by atoms with E-state index in [-0.39, 0.29) is 50.3 Å². The SMILES string of the molecule is CCOC(=O)[C@]12CCC=C1N(Cc1ccco1)C(=O)[C@H](CC(=O)NCc1ccc(C)o1)C2. The zero-order valence-corrected chi connectivity index (χ0v) is 18.4. The molecule has 32 heavy (non-hydrogen) atoms. The second-order valence-electron chi connectivity index (χ2n) is 8.33. The van der Waals surface area contributed by atoms with E-state index in [1.54, 1.807) is 36.3 Å². The van der Waals surface area contributed by atoms with Crippen LogP contribution in [-0.2, 0) is 32.2 Å². The Balaban J connectivity index is 1.54. The molecule has 8 nitrogen and oxygen atoms in total. The fourth-order valence-corrected chi connectivity index (χ4v) is 4.70. The molecule has 1 fully saturated rings. The monoisotopic (exact) mass is 440 g/mol. The van der Waals surface area contributed by atoms with Crippen LogP contribution in [0.15, 0.2) is 51.1 Å². The molecule has 2 atom stereocenters. The molecule has 2 aliphatic rings. The van der Waals surface area contributed by atoms with E-state index < -0.39 is 11.3 Å². The first kappa shape index (κ1) is 21.9. The van der Waals surface area contributed by atoms with Crippen molar-refractivity contribution in [3.8, 4) is 0 Å². The number of hydrogen-bond acceptors (Lipinski definition) is 6. The van der Waals surface area contributed by atoms with Crippen LogP contribution in [0.3, 0.4) is 0 Å². The lowest BCUT2D eigenvalue weighted by Crippen LogP contribution is -2.51. The van der Waals surface area contributed by atoms with Crippen molar-refractivity contribution in [1.29, 1.82) is 0 Å². The Bertz CT molecular complexity index is 1020. The van der Waals surface area contributed by atoms with Crippen molar-refractivity contribution in [3.63, 3.8) is 0 Å². The van der Waals surface area contributed by atoms with Gasteiger partial charge in [-0.1, -0.05) is 6.08 Å². The molecule has 2 amide bonds. The van der Waals surface area contributed by atoms with Gasteiger partial charge in [0.15, 0.2) is 0 Å². The maximum absolute atomic E-state index is 13.4. The van der Waals surface area contributed by atoms with Crippen LogP contribution in [-0.4, -0.2) is 29.3 Å². The summed E-state index contributed by atoms with van der Waals surface area (Å²) >= 11 is 0. The van der Waals surface area contributed by atoms with Crippen molar-refractivity contribution < 1.29 is 28.0 Å². The molecular weight excluding hydrogens is 412 g/mol. The van der Waals surface area contributed by atoms with Gasteiger partial charge in [-0.25, -0.2) is 0 Å². The number of fused-ring (bicyclic) bond motifs is 1. The summed E-state index contributed by atoms with van der Waals surface area (Å²) in [5.41, 5.74) is -0.250. The number of nitrogens with zero attached hydrogens (tertiary/aromatic N) is 1. The van der Waals surface area contributed by atoms with E-state index in [1.807, 2.05) is 19.1 Å². The number of nitrogens with one attached hydrogen (secondary N) is 1. The van der Waals surface area contributed by atoms with Crippen LogP contribution in [0.4, 0.5) is 0 Å². The number of esters is 1. The maximum Gasteiger partial charge on any atom is 0.318 e. The number of furan rings is 2. The summed E-state index contributed by atoms with van der Waals surface area (Å²) in [6.45, 7) is 4.32. The third-order valence-electron chi connectivity index (χ3n) is 6.15. The maximum atomic E-state index is 13.4. The quantitative estimate of drug-likeness (QED) is 0.631. The lowest BCUT2D eigenvalue weighted by atomic mass is 9.71. The highest BCUT2D eigenvalue weighted by Gasteiger charge is 2.55. The average Bonchev–Trinajstić information content (AvgIpc) is 3.51. The molecule has 0 unspecified atom stereocenters. The fourth-order valence-electron chi connectivity index (χ4n) is 4.70. The van der Waals surface area contributed by atoms with Crippen LogP contribution in [0.5, 0.6) is 0 Å². The highest BCUT2D eigenvalue weighted by atomic mass is 16.5. The summed E-state index contributed by atoms with van der Waals surface area (Å²) < 4.78 is 16.3. The number of aryl methyl sites for hydroxylation is 1. The van der Waals surface area contributed by atoms with Crippen molar-refractivity contribution >= 4 is 17.8 Å². The zero-order valence-electron chi connectivity index (χ0n) is 18.4. The summed E-state index contributed by atoms with van der Waals surface area (Å²) in [4.78, 5) is 40.8. The van der Waals surface area contributed by atoms with E-state index in [0.29, 0.717) is 30.1 Å². The van der Waals surface area contributed by atoms with Gasteiger partial charge in [0.25, 0.3) is 0 Å². The average molecular weight is 440 g/mol. The van der Waals surface area contributed by atoms with Crippen LogP contribution in [0, 0.1) is 18.3 Å². The number of piperidine rings is 1. The number of allylic oxidation sites excluding steroid dienone is 1. The molecule has 0 aromatic carbocycles. The number of likely N-dealkylation sites (tertiary alicyclic amines) is 1. The van der Waals surface area contributed by atoms with Crippen molar-refractivity contribution in [3.05, 3.63) is 59.6 Å². The second kappa shape index (κ2) is 9.06. The molecule has 2 aromatic rings. The minimum absolute atomic E-state index is 0.0123. The molecule has 2 aromatic heterocycles. The largest absolute Gasteiger partial charge is 0.467 e. The van der Waals surface area contributed by atoms with E-state index in [0.717, 1.165) is 5.76 Å². The Morgan fingerprint density at radius 3 is 2.81 bits per heavy atom. The summed E-state index contributed by atoms with van der Waals surface area (Å²) in [6, 6.07) is 7.18. The van der Waals surface area contributed by atoms with E-state index in [9.17, 15) is 14.4 Å². The molecule has 170 valence electrons. The van der Waals surface area contributed by atoms with Gasteiger partial charge in [0, 0.05) is 18.0 Å². The van der Waals surface area contributed by atoms with Crippen molar-refractivity contribution in [2.45, 2.75) is 52.6 Å². The van der Waals surface area contributed by atoms with Gasteiger partial charge in [0.05, 0.1) is 26.0 Å². The van der Waals surface area contributed by atoms with Gasteiger partial charge in [-0.3, -0.25) is 14.4 Å². The fraction of sp³-hybridized carbons (Fsp3) is 0.458. The van der Waals surface area contributed by atoms with E-state index in [4.69, 9.17) is 13.6 Å². The minimum atomic E-state index is -0.917. The van der Waals surface area contributed by atoms with Crippen molar-refractivity contribution in [1.82, 2.24) is 10.2 Å². The lowest BCUT2D eigenvalue weighted by molar-refractivity contribution is -0.161. The molecule has 1 N–H and O–H groups in total. The highest BCUT2D eigenvalue weighted by molar-refractivity contribution is 5.92. The molecule has 0 bridgehead atoms. The number of carbonyl (C=O) groups is 3. The molecule has 1 aliphatic heterocycles. The number of carbonyl (C=O) groups excluding carboxylic acids is 3. The summed E-state index contributed by atoms with van der Waals surface area (Å²) in [6.07, 6.45) is 4.97. The highest BCUT2D eigenvalue weighted by Crippen LogP contribution is 2.51. The van der Waals surface area contributed by atoms with E-state index in [2.05, 4.69) is 5.32 Å². The topological polar surface area (TPSA) is 102 Å². The minimum Gasteiger partial charge on any atom is -0.467 e. The summed E-state index contributed by atoms with van der Waals surface area (Å²) in [5.74, 6) is 0.608. The zero-order chi connectivity index (χ0) is 22.7. The molecule has 3 heterocycles. The Labute approximate surface area is 186 Å². The predicted molar refractivity (Wildman–Crippen MR) is 114 cm³/mol. The standard InChI is InChI=1S/C24H28N2O6/c1-3-30-23(29)24-10-4-7-20(24)26(15-19-6-5-11-31-19)22(28)17(13-24)12-21(27)25-14-18-9-8-16(2)32-18/h5-9,11,17H,3-4,10,12-15H2,1-2H3,(H,25,27)/t17-,24+/m1/s1. The molecular formula is C24H28N2O6. The Morgan fingerprint density at radius 2 is 2.12 bits per heavy atom. The first-order chi connectivity index (χ1) is 15.4. The van der Waals surface area contributed by atoms with Gasteiger partial charge < -0.3 is 23.8 Å². The first-order valence-electron chi connectivity index (χ1n) is 11.0. The van der Waals surface area contributed by atoms with Gasteiger partial charge >= 0.3 is 5.97 Å². The molecule has 8 heteroatoms. The Kier molecular flexibility index (Phi) is 6.21. The van der Waals surface area contributed by atoms with Crippen molar-refractivity contribution in [2.75, 3.05) is 6.61 Å². The Morgan fingerprint density at radius 1 is 1.28 bits per heavy atom. The van der Waals surface area contributed by atoms with Crippen LogP contribution < -0.4 is 5.32 Å². The Hall–Kier alpha value is -3.29. The first-order valence-corrected chi connectivity index (χ1v) is 11.0. The van der Waals surface area contributed by atoms with E-state index in [1.165, 1.54) is 0 Å². The number of hydrogen-bond donors (Lipinski definition) is 1. The van der Waals surface area contributed by atoms with Crippen LogP contribution in [0.1, 0.15) is 49.9 Å². The second-order valence-corrected chi connectivity index (χ2v) is 8.33. The molecule has 4 rings (SSSR count). The lowest BCUT2D eigenvalue weighted by Gasteiger charge is -2.43. The summed E-state index contributed by atoms with van der Waals surface area (Å²) in [5, 5.41) is 2.81. The van der Waals surface area contributed by atoms with Gasteiger partial charge in [0.2, 0.25) is 11.8 Å². The van der Waals surface area contributed by atoms with Crippen molar-refractivity contribution in [2.24, 2.45) is 11.3 Å². The molecule has 1 saturated heterocycles. The predicted octanol–water partition coefficient (Wildman–Crippen LogP) is 3.46. The molecule has 0 saturated carbocycles. The van der Waals surface area contributed by atoms with Crippen LogP contribution in [0.2, 0.25) is 0 Å². The molecule has 0 radical (unpaired) electrons. The third kappa shape index (κ3) is 4.22. The third-order valence-corrected chi connectivity index (χ3v) is 6.15. The van der Waals surface area contributed by atoms with Gasteiger partial charge in [0.1, 0.15) is 22.7 Å². The van der Waals surface area contributed by atoms with Gasteiger partial charge in [-0.05, 0) is 57.4 Å². The molecule has 1 aliphatic carbocycles. The smallest absolute Gasteiger partial charge is 0.318 e. The molecule has 0 spiro atoms. The van der Waals surface area contributed by atoms with Crippen LogP contribution >= 0.6 is 0 Å². The van der Waals surface area contributed by atoms with Crippen LogP contribution in [0.25, 0.3) is 0 Å². The van der Waals surface area contributed by atoms with E-state index >= 15 is 0 Å². The number of amides is 2. The number of ether oxygens (including phenoxy) is 1.